The van der Waals surface area contributed by atoms with Crippen LogP contribution in [0.4, 0.5) is 34.5 Å². The summed E-state index contributed by atoms with van der Waals surface area (Å²) in [6.07, 6.45) is 7.51. The number of imide groups is 6. The second-order valence-electron chi connectivity index (χ2n) is 25.2. The molecule has 14 rings (SSSR count). The Bertz CT molecular complexity index is 4800. The molecule has 3 aromatic heterocycles. The number of carbonyl (C=O) groups excluding carboxylic acids is 16. The van der Waals surface area contributed by atoms with Crippen LogP contribution in [0.25, 0.3) is 11.0 Å². The number of rotatable bonds is 14. The average Bonchev–Trinajstić information content (AvgIpc) is 1.72. The third-order valence-corrected chi connectivity index (χ3v) is 19.3. The maximum atomic E-state index is 13.5. The van der Waals surface area contributed by atoms with E-state index in [-0.39, 0.29) is 142 Å². The van der Waals surface area contributed by atoms with E-state index in [0.29, 0.717) is 48.6 Å². The van der Waals surface area contributed by atoms with Crippen LogP contribution in [0.2, 0.25) is 0 Å². The Morgan fingerprint density at radius 3 is 1.47 bits per heavy atom. The van der Waals surface area contributed by atoms with Crippen molar-refractivity contribution in [2.24, 2.45) is 0 Å². The highest BCUT2D eigenvalue weighted by Gasteiger charge is 2.49. The number of hydrogen-bond donors (Lipinski definition) is 7. The zero-order valence-corrected chi connectivity index (χ0v) is 58.3. The van der Waals surface area contributed by atoms with Crippen molar-refractivity contribution in [3.8, 4) is 0 Å². The number of alkyl halides is 2. The standard InChI is InChI=1S/C39H40N10O7.C15H12ClN3O5.C13H11N3O4.C2H2Cl2O/c1-21-26-19-41-39(45-34(26)48(23-6-3-4-7-23)37(55)32(21)22(2)50)43-29-12-10-24(18-40-29)47-16-14-46(15-17-47)20-31(52)42-27-9-5-8-25-33(27)38(56)49(36(25)54)28-11-13-30(51)44-35(28)53;16-6-11(21)17-8-3-1-2-7-12(8)15(24)19(14(7)23)9-4-5-10(20)18-13(9)22;14-7-3-1-2-6-10(7)13(20)16(12(6)19)8-4-5-9(17)15-11(8)18;3-1-2(4)5/h5,8-10,12,18-19,23,28H,3-4,6-7,11,13-17,20H2,1-2H3,(H,42,52)(H,44,51,53)(H,40,41,43,45);1-3,9H,4-6H2,(H,17,21)(H,18,20,22);1-3,8H,4-5,14H2,(H,15,17,18);1H2. The molecular formula is C69H65Cl3N16O17. The predicted molar refractivity (Wildman–Crippen MR) is 376 cm³/mol. The van der Waals surface area contributed by atoms with Gasteiger partial charge in [-0.05, 0) is 112 Å². The number of aryl methyl sites for hydroxylation is 1. The van der Waals surface area contributed by atoms with Gasteiger partial charge in [0.05, 0.1) is 74.6 Å². The summed E-state index contributed by atoms with van der Waals surface area (Å²) >= 11 is 15.0. The van der Waals surface area contributed by atoms with Crippen LogP contribution in [-0.4, -0.2) is 195 Å². The van der Waals surface area contributed by atoms with Gasteiger partial charge in [0, 0.05) is 68.8 Å². The fraction of sp³-hybridized carbons (Fsp3) is 0.333. The van der Waals surface area contributed by atoms with E-state index < -0.39 is 100 Å². The van der Waals surface area contributed by atoms with Gasteiger partial charge in [0.15, 0.2) is 5.78 Å². The number of halogens is 3. The number of nitrogens with two attached hydrogens (primary N) is 1. The van der Waals surface area contributed by atoms with Crippen molar-refractivity contribution in [1.29, 1.82) is 0 Å². The smallest absolute Gasteiger partial charge is 0.264 e. The average molecular weight is 1500 g/mol. The minimum absolute atomic E-state index is 0.0129. The molecule has 105 heavy (non-hydrogen) atoms. The Balaban J connectivity index is 0.000000183. The van der Waals surface area contributed by atoms with Crippen molar-refractivity contribution < 1.29 is 76.7 Å². The molecule has 36 heteroatoms. The molecule has 33 nitrogen and oxygen atoms in total. The molecule has 1 saturated carbocycles. The number of piperidine rings is 3. The Morgan fingerprint density at radius 2 is 1.03 bits per heavy atom. The number of fused-ring (bicyclic) bond motifs is 4. The number of piperazine rings is 1. The number of nitrogen functional groups attached to an aromatic ring is 1. The summed E-state index contributed by atoms with van der Waals surface area (Å²) in [6.45, 7) is 5.66. The summed E-state index contributed by atoms with van der Waals surface area (Å²) < 4.78 is 1.67. The van der Waals surface area contributed by atoms with Crippen LogP contribution in [0.3, 0.4) is 0 Å². The fourth-order valence-electron chi connectivity index (χ4n) is 13.6. The molecule has 3 unspecified atom stereocenters. The molecule has 0 radical (unpaired) electrons. The Labute approximate surface area is 610 Å². The first-order valence-corrected chi connectivity index (χ1v) is 34.5. The normalized spacial score (nSPS) is 19.3. The molecule has 6 aromatic rings. The molecule has 0 bridgehead atoms. The number of hydrogen-bond acceptors (Lipinski definition) is 24. The van der Waals surface area contributed by atoms with Crippen LogP contribution in [0, 0.1) is 6.92 Å². The largest absolute Gasteiger partial charge is 0.398 e. The highest BCUT2D eigenvalue weighted by atomic mass is 35.5. The van der Waals surface area contributed by atoms with Crippen molar-refractivity contribution in [3.63, 3.8) is 0 Å². The van der Waals surface area contributed by atoms with E-state index in [9.17, 15) is 81.5 Å². The SMILES string of the molecule is CC(=O)c1c(C)c2cnc(Nc3ccc(N4CCN(CC(=O)Nc5cccc6c5C(=O)N(C5CCC(=O)NC5=O)C6=O)CC4)cn3)nc2n(C2CCCC2)c1=O.Nc1cccc2c1C(=O)N(C1CCC(=O)NC1=O)C2=O.O=C(Cl)CCl.O=C1CCC(N2C(=O)c3cccc(NC(=O)CCl)c3C2=O)C(=O)N1. The van der Waals surface area contributed by atoms with Gasteiger partial charge < -0.3 is 26.6 Å². The van der Waals surface area contributed by atoms with E-state index in [1.807, 2.05) is 17.0 Å². The number of carbonyl (C=O) groups is 16. The molecule has 4 saturated heterocycles. The summed E-state index contributed by atoms with van der Waals surface area (Å²) in [5.74, 6) is -7.84. The maximum Gasteiger partial charge on any atom is 0.264 e. The molecule has 10 heterocycles. The lowest BCUT2D eigenvalue weighted by molar-refractivity contribution is -0.137. The van der Waals surface area contributed by atoms with Crippen LogP contribution >= 0.6 is 34.8 Å². The lowest BCUT2D eigenvalue weighted by atomic mass is 10.0. The van der Waals surface area contributed by atoms with Gasteiger partial charge in [0.2, 0.25) is 58.4 Å². The number of Topliss-reactive ketones (excluding diaryl/α,β-unsaturated/α-hetero) is 1. The van der Waals surface area contributed by atoms with E-state index >= 15 is 0 Å². The van der Waals surface area contributed by atoms with Gasteiger partial charge in [-0.2, -0.15) is 4.98 Å². The number of nitrogens with zero attached hydrogens (tertiary/aromatic N) is 9. The third kappa shape index (κ3) is 15.4. The second-order valence-corrected chi connectivity index (χ2v) is 26.1. The van der Waals surface area contributed by atoms with Crippen LogP contribution in [0.1, 0.15) is 155 Å². The third-order valence-electron chi connectivity index (χ3n) is 18.6. The zero-order valence-electron chi connectivity index (χ0n) is 56.0. The Kier molecular flexibility index (Phi) is 22.5. The summed E-state index contributed by atoms with van der Waals surface area (Å²) in [5.41, 5.74) is 8.67. The van der Waals surface area contributed by atoms with Gasteiger partial charge in [-0.1, -0.05) is 31.0 Å². The number of nitrogens with one attached hydrogen (secondary N) is 6. The lowest BCUT2D eigenvalue weighted by Crippen LogP contribution is -2.54. The number of pyridine rings is 2. The predicted octanol–water partition coefficient (Wildman–Crippen LogP) is 3.64. The zero-order chi connectivity index (χ0) is 75.4. The van der Waals surface area contributed by atoms with Crippen LogP contribution in [0.5, 0.6) is 0 Å². The van der Waals surface area contributed by atoms with E-state index in [1.54, 1.807) is 42.1 Å². The van der Waals surface area contributed by atoms with Crippen LogP contribution in [0.15, 0.2) is 83.9 Å². The van der Waals surface area contributed by atoms with Gasteiger partial charge >= 0.3 is 0 Å². The summed E-state index contributed by atoms with van der Waals surface area (Å²) in [5, 5.41) is 15.0. The summed E-state index contributed by atoms with van der Waals surface area (Å²) in [7, 11) is 0. The number of aromatic nitrogens is 4. The minimum atomic E-state index is -1.10. The van der Waals surface area contributed by atoms with E-state index in [1.165, 1.54) is 43.3 Å². The van der Waals surface area contributed by atoms with Crippen LogP contribution in [-0.2, 0) is 43.2 Å². The Hall–Kier alpha value is -11.6. The highest BCUT2D eigenvalue weighted by Crippen LogP contribution is 2.37. The van der Waals surface area contributed by atoms with Crippen molar-refractivity contribution in [2.75, 3.05) is 71.1 Å². The molecule has 544 valence electrons. The topological polar surface area (TPSA) is 448 Å². The first kappa shape index (κ1) is 74.6. The molecule has 3 aromatic carbocycles. The summed E-state index contributed by atoms with van der Waals surface area (Å²) in [4.78, 5) is 227. The fourth-order valence-corrected chi connectivity index (χ4v) is 13.7. The number of anilines is 6. The maximum absolute atomic E-state index is 13.5. The highest BCUT2D eigenvalue weighted by molar-refractivity contribution is 6.67. The van der Waals surface area contributed by atoms with Crippen molar-refractivity contribution in [1.82, 2.24) is 55.1 Å². The van der Waals surface area contributed by atoms with Gasteiger partial charge in [-0.3, -0.25) is 122 Å². The van der Waals surface area contributed by atoms with Crippen molar-refractivity contribution in [2.45, 2.75) is 102 Å². The van der Waals surface area contributed by atoms with Gasteiger partial charge in [0.25, 0.3) is 41.0 Å². The molecule has 8 aliphatic rings. The number of amides is 14. The van der Waals surface area contributed by atoms with E-state index in [0.717, 1.165) is 46.1 Å². The first-order valence-electron chi connectivity index (χ1n) is 33.0. The van der Waals surface area contributed by atoms with Gasteiger partial charge in [-0.25, -0.2) is 9.97 Å². The Morgan fingerprint density at radius 1 is 0.562 bits per heavy atom. The van der Waals surface area contributed by atoms with Crippen molar-refractivity contribution >= 4 is 174 Å². The van der Waals surface area contributed by atoms with Crippen LogP contribution < -0.4 is 48.1 Å². The molecule has 0 spiro atoms. The number of benzene rings is 3. The lowest BCUT2D eigenvalue weighted by Gasteiger charge is -2.35. The second kappa shape index (κ2) is 31.6. The van der Waals surface area contributed by atoms with E-state index in [4.69, 9.17) is 45.5 Å². The summed E-state index contributed by atoms with van der Waals surface area (Å²) in [6, 6.07) is 14.2. The molecule has 5 fully saturated rings. The van der Waals surface area contributed by atoms with E-state index in [2.05, 4.69) is 46.8 Å². The monoisotopic (exact) mass is 1490 g/mol. The molecule has 14 amide bonds. The quantitative estimate of drug-likeness (QED) is 0.0269. The molecule has 3 atom stereocenters. The minimum Gasteiger partial charge on any atom is -0.398 e. The molecule has 8 N–H and O–H groups in total. The first-order chi connectivity index (χ1) is 50.2. The molecule has 7 aliphatic heterocycles. The van der Waals surface area contributed by atoms with Crippen molar-refractivity contribution in [3.05, 3.63) is 134 Å². The van der Waals surface area contributed by atoms with Gasteiger partial charge in [-0.15, -0.1) is 23.2 Å². The van der Waals surface area contributed by atoms with Gasteiger partial charge in [0.1, 0.15) is 35.5 Å². The molecular weight excluding hydrogens is 1430 g/mol. The molecule has 1 aliphatic carbocycles. The number of ketones is 1.